The van der Waals surface area contributed by atoms with E-state index >= 15 is 0 Å². The minimum atomic E-state index is -0.183. The maximum Gasteiger partial charge on any atom is 0.269 e. The van der Waals surface area contributed by atoms with Crippen molar-refractivity contribution >= 4 is 23.4 Å². The van der Waals surface area contributed by atoms with Crippen LogP contribution in [0.15, 0.2) is 30.3 Å². The summed E-state index contributed by atoms with van der Waals surface area (Å²) in [5.74, 6) is -0.100. The molecule has 0 bridgehead atoms. The highest BCUT2D eigenvalue weighted by Gasteiger charge is 2.23. The topological polar surface area (TPSA) is 78.1 Å². The van der Waals surface area contributed by atoms with Crippen LogP contribution in [0.4, 0.5) is 0 Å². The van der Waals surface area contributed by atoms with E-state index < -0.39 is 0 Å². The summed E-state index contributed by atoms with van der Waals surface area (Å²) in [4.78, 5) is 25.5. The number of H-pyrrole nitrogens is 1. The molecular formula is C17H19ClN4O2. The van der Waals surface area contributed by atoms with Gasteiger partial charge in [-0.25, -0.2) is 0 Å². The summed E-state index contributed by atoms with van der Waals surface area (Å²) in [5, 5.41) is 10.6. The van der Waals surface area contributed by atoms with Crippen LogP contribution < -0.4 is 5.32 Å². The third-order valence-electron chi connectivity index (χ3n) is 4.22. The molecule has 126 valence electrons. The van der Waals surface area contributed by atoms with Crippen molar-refractivity contribution in [2.75, 3.05) is 13.1 Å². The van der Waals surface area contributed by atoms with Gasteiger partial charge in [0.2, 0.25) is 5.91 Å². The first kappa shape index (κ1) is 16.5. The Bertz CT molecular complexity index is 751. The van der Waals surface area contributed by atoms with Crippen LogP contribution in [0, 0.1) is 0 Å². The van der Waals surface area contributed by atoms with E-state index in [2.05, 4.69) is 15.5 Å². The van der Waals surface area contributed by atoms with Crippen LogP contribution in [0.2, 0.25) is 5.02 Å². The predicted molar refractivity (Wildman–Crippen MR) is 91.8 cm³/mol. The summed E-state index contributed by atoms with van der Waals surface area (Å²) in [5.41, 5.74) is 1.94. The lowest BCUT2D eigenvalue weighted by Gasteiger charge is -2.31. The van der Waals surface area contributed by atoms with Gasteiger partial charge >= 0.3 is 0 Å². The van der Waals surface area contributed by atoms with Gasteiger partial charge in [-0.3, -0.25) is 14.7 Å². The molecule has 24 heavy (non-hydrogen) atoms. The van der Waals surface area contributed by atoms with Crippen molar-refractivity contribution in [3.63, 3.8) is 0 Å². The molecule has 0 atom stereocenters. The number of carbonyl (C=O) groups excluding carboxylic acids is 2. The first-order chi connectivity index (χ1) is 11.5. The third-order valence-corrected chi connectivity index (χ3v) is 4.45. The molecule has 0 unspecified atom stereocenters. The minimum Gasteiger partial charge on any atom is -0.348 e. The smallest absolute Gasteiger partial charge is 0.269 e. The molecule has 1 aromatic heterocycles. The molecule has 2 heterocycles. The number of rotatable bonds is 3. The number of aromatic amines is 1. The van der Waals surface area contributed by atoms with Crippen LogP contribution in [0.25, 0.3) is 11.3 Å². The molecule has 2 aromatic rings. The van der Waals surface area contributed by atoms with Crippen molar-refractivity contribution in [2.24, 2.45) is 0 Å². The standard InChI is InChI=1S/C17H19ClN4O2/c1-11(23)22-7-5-14(6-8-22)19-17(24)16-10-15(20-21-16)12-3-2-4-13(18)9-12/h2-4,9-10,14H,5-8H2,1H3,(H,19,24)(H,20,21). The van der Waals surface area contributed by atoms with Gasteiger partial charge in [-0.15, -0.1) is 0 Å². The van der Waals surface area contributed by atoms with Crippen LogP contribution in [-0.2, 0) is 4.79 Å². The Balaban J connectivity index is 1.61. The van der Waals surface area contributed by atoms with Crippen molar-refractivity contribution in [2.45, 2.75) is 25.8 Å². The van der Waals surface area contributed by atoms with Crippen molar-refractivity contribution in [1.82, 2.24) is 20.4 Å². The molecule has 0 saturated carbocycles. The molecule has 3 rings (SSSR count). The Morgan fingerprint density at radius 2 is 2.04 bits per heavy atom. The van der Waals surface area contributed by atoms with E-state index in [4.69, 9.17) is 11.6 Å². The molecule has 1 aromatic carbocycles. The van der Waals surface area contributed by atoms with Gasteiger partial charge in [0.25, 0.3) is 5.91 Å². The number of nitrogens with zero attached hydrogens (tertiary/aromatic N) is 2. The summed E-state index contributed by atoms with van der Waals surface area (Å²) in [6.07, 6.45) is 1.53. The molecule has 1 aliphatic rings. The van der Waals surface area contributed by atoms with E-state index in [1.165, 1.54) is 0 Å². The molecule has 1 aliphatic heterocycles. The van der Waals surface area contributed by atoms with Gasteiger partial charge < -0.3 is 10.2 Å². The highest BCUT2D eigenvalue weighted by Crippen LogP contribution is 2.21. The molecule has 1 fully saturated rings. The van der Waals surface area contributed by atoms with Gasteiger partial charge in [-0.2, -0.15) is 5.10 Å². The molecule has 2 N–H and O–H groups in total. The number of amides is 2. The Morgan fingerprint density at radius 1 is 1.29 bits per heavy atom. The second-order valence-corrected chi connectivity index (χ2v) is 6.37. The van der Waals surface area contributed by atoms with E-state index in [1.807, 2.05) is 12.1 Å². The average Bonchev–Trinajstić information content (AvgIpc) is 3.05. The Hall–Kier alpha value is -2.34. The number of benzene rings is 1. The monoisotopic (exact) mass is 346 g/mol. The summed E-state index contributed by atoms with van der Waals surface area (Å²) in [6, 6.07) is 9.11. The molecule has 0 radical (unpaired) electrons. The van der Waals surface area contributed by atoms with Gasteiger partial charge in [-0.05, 0) is 31.0 Å². The zero-order valence-corrected chi connectivity index (χ0v) is 14.1. The van der Waals surface area contributed by atoms with Crippen molar-refractivity contribution < 1.29 is 9.59 Å². The van der Waals surface area contributed by atoms with E-state index in [0.717, 1.165) is 18.4 Å². The normalized spacial score (nSPS) is 15.3. The molecule has 7 heteroatoms. The lowest BCUT2D eigenvalue weighted by molar-refractivity contribution is -0.129. The van der Waals surface area contributed by atoms with Crippen LogP contribution in [0.3, 0.4) is 0 Å². The van der Waals surface area contributed by atoms with Crippen molar-refractivity contribution in [3.05, 3.63) is 41.0 Å². The number of halogens is 1. The number of nitrogens with one attached hydrogen (secondary N) is 2. The zero-order valence-electron chi connectivity index (χ0n) is 13.4. The van der Waals surface area contributed by atoms with E-state index in [0.29, 0.717) is 29.5 Å². The van der Waals surface area contributed by atoms with E-state index in [9.17, 15) is 9.59 Å². The van der Waals surface area contributed by atoms with Crippen molar-refractivity contribution in [3.8, 4) is 11.3 Å². The minimum absolute atomic E-state index is 0.0750. The fourth-order valence-electron chi connectivity index (χ4n) is 2.84. The fraction of sp³-hybridized carbons (Fsp3) is 0.353. The largest absolute Gasteiger partial charge is 0.348 e. The number of hydrogen-bond acceptors (Lipinski definition) is 3. The molecule has 1 saturated heterocycles. The number of aromatic nitrogens is 2. The van der Waals surface area contributed by atoms with Crippen LogP contribution in [-0.4, -0.2) is 46.0 Å². The van der Waals surface area contributed by atoms with Crippen LogP contribution in [0.5, 0.6) is 0 Å². The highest BCUT2D eigenvalue weighted by atomic mass is 35.5. The van der Waals surface area contributed by atoms with Gasteiger partial charge in [0, 0.05) is 36.6 Å². The van der Waals surface area contributed by atoms with Crippen molar-refractivity contribution in [1.29, 1.82) is 0 Å². The van der Waals surface area contributed by atoms with Gasteiger partial charge in [0.15, 0.2) is 0 Å². The lowest BCUT2D eigenvalue weighted by Crippen LogP contribution is -2.46. The number of carbonyl (C=O) groups is 2. The van der Waals surface area contributed by atoms with Gasteiger partial charge in [-0.1, -0.05) is 23.7 Å². The average molecular weight is 347 g/mol. The maximum absolute atomic E-state index is 12.4. The zero-order chi connectivity index (χ0) is 17.1. The molecule has 6 nitrogen and oxygen atoms in total. The molecule has 2 amide bonds. The summed E-state index contributed by atoms with van der Waals surface area (Å²) in [6.45, 7) is 2.93. The Morgan fingerprint density at radius 3 is 2.71 bits per heavy atom. The van der Waals surface area contributed by atoms with Gasteiger partial charge in [0.05, 0.1) is 5.69 Å². The second kappa shape index (κ2) is 7.05. The molecular weight excluding hydrogens is 328 g/mol. The first-order valence-electron chi connectivity index (χ1n) is 7.90. The first-order valence-corrected chi connectivity index (χ1v) is 8.28. The Kier molecular flexibility index (Phi) is 4.85. The van der Waals surface area contributed by atoms with E-state index in [1.54, 1.807) is 30.0 Å². The maximum atomic E-state index is 12.4. The molecule has 0 aliphatic carbocycles. The lowest BCUT2D eigenvalue weighted by atomic mass is 10.0. The Labute approximate surface area is 145 Å². The number of piperidine rings is 1. The predicted octanol–water partition coefficient (Wildman–Crippen LogP) is 2.47. The third kappa shape index (κ3) is 3.76. The summed E-state index contributed by atoms with van der Waals surface area (Å²) < 4.78 is 0. The number of hydrogen-bond donors (Lipinski definition) is 2. The van der Waals surface area contributed by atoms with Crippen LogP contribution in [0.1, 0.15) is 30.3 Å². The number of likely N-dealkylation sites (tertiary alicyclic amines) is 1. The fourth-order valence-corrected chi connectivity index (χ4v) is 3.03. The second-order valence-electron chi connectivity index (χ2n) is 5.93. The van der Waals surface area contributed by atoms with Crippen LogP contribution >= 0.6 is 11.6 Å². The quantitative estimate of drug-likeness (QED) is 0.896. The summed E-state index contributed by atoms with van der Waals surface area (Å²) >= 11 is 5.98. The highest BCUT2D eigenvalue weighted by molar-refractivity contribution is 6.30. The molecule has 0 spiro atoms. The summed E-state index contributed by atoms with van der Waals surface area (Å²) in [7, 11) is 0. The SMILES string of the molecule is CC(=O)N1CCC(NC(=O)c2cc(-c3cccc(Cl)c3)n[nH]2)CC1. The van der Waals surface area contributed by atoms with Gasteiger partial charge in [0.1, 0.15) is 5.69 Å². The van der Waals surface area contributed by atoms with E-state index in [-0.39, 0.29) is 17.9 Å².